The lowest BCUT2D eigenvalue weighted by atomic mass is 10.2. The lowest BCUT2D eigenvalue weighted by Crippen LogP contribution is -2.39. The lowest BCUT2D eigenvalue weighted by molar-refractivity contribution is 0.443. The van der Waals surface area contributed by atoms with Gasteiger partial charge >= 0.3 is 0 Å². The number of nitrogens with zero attached hydrogens (tertiary/aromatic N) is 3. The summed E-state index contributed by atoms with van der Waals surface area (Å²) in [6.07, 6.45) is 3.79. The highest BCUT2D eigenvalue weighted by molar-refractivity contribution is 14.0. The second-order valence-electron chi connectivity index (χ2n) is 4.77. The first kappa shape index (κ1) is 18.0. The molecule has 0 amide bonds. The fourth-order valence-electron chi connectivity index (χ4n) is 1.86. The molecule has 0 fully saturated rings. The van der Waals surface area contributed by atoms with Gasteiger partial charge in [0.1, 0.15) is 0 Å². The number of halogens is 1. The first-order valence-electron chi connectivity index (χ1n) is 6.71. The molecule has 0 aliphatic heterocycles. The van der Waals surface area contributed by atoms with Crippen molar-refractivity contribution in [3.8, 4) is 0 Å². The molecule has 5 nitrogen and oxygen atoms in total. The molecule has 0 aliphatic carbocycles. The molecule has 2 rings (SSSR count). The highest BCUT2D eigenvalue weighted by Crippen LogP contribution is 2.04. The fourth-order valence-corrected chi connectivity index (χ4v) is 2.53. The standard InChI is InChI=1S/C14H21N5S.HI/c1-12(10-19-6-3-5-18-19)8-16-14(15-2)17-9-13-4-7-20-11-13;/h3-7,11-12H,8-10H2,1-2H3,(H2,15,16,17);1H. The first-order chi connectivity index (χ1) is 9.78. The third-order valence-corrected chi connectivity index (χ3v) is 3.67. The molecule has 2 N–H and O–H groups in total. The van der Waals surface area contributed by atoms with E-state index in [1.54, 1.807) is 18.4 Å². The molecule has 2 heterocycles. The minimum atomic E-state index is 0. The van der Waals surface area contributed by atoms with Crippen LogP contribution in [0, 0.1) is 5.92 Å². The summed E-state index contributed by atoms with van der Waals surface area (Å²) in [7, 11) is 1.79. The van der Waals surface area contributed by atoms with Gasteiger partial charge in [0.2, 0.25) is 0 Å². The summed E-state index contributed by atoms with van der Waals surface area (Å²) < 4.78 is 1.95. The van der Waals surface area contributed by atoms with E-state index in [1.165, 1.54) is 5.56 Å². The Kier molecular flexibility index (Phi) is 8.36. The lowest BCUT2D eigenvalue weighted by Gasteiger charge is -2.16. The van der Waals surface area contributed by atoms with Crippen molar-refractivity contribution in [1.29, 1.82) is 0 Å². The molecule has 0 aromatic carbocycles. The van der Waals surface area contributed by atoms with Crippen LogP contribution >= 0.6 is 35.3 Å². The Hall–Kier alpha value is -1.09. The van der Waals surface area contributed by atoms with Gasteiger partial charge in [-0.25, -0.2) is 0 Å². The molecule has 2 aromatic heterocycles. The third-order valence-electron chi connectivity index (χ3n) is 2.94. The van der Waals surface area contributed by atoms with Gasteiger partial charge in [0.25, 0.3) is 0 Å². The van der Waals surface area contributed by atoms with Crippen molar-refractivity contribution >= 4 is 41.3 Å². The van der Waals surface area contributed by atoms with E-state index in [9.17, 15) is 0 Å². The predicted molar refractivity (Wildman–Crippen MR) is 99.3 cm³/mol. The van der Waals surface area contributed by atoms with E-state index in [2.05, 4.69) is 44.5 Å². The van der Waals surface area contributed by atoms with E-state index < -0.39 is 0 Å². The SMILES string of the molecule is CN=C(NCc1ccsc1)NCC(C)Cn1cccn1.I. The quantitative estimate of drug-likeness (QED) is 0.430. The second-order valence-corrected chi connectivity index (χ2v) is 5.55. The molecule has 0 aliphatic rings. The number of rotatable bonds is 6. The van der Waals surface area contributed by atoms with Crippen LogP contribution in [0.2, 0.25) is 0 Å². The Morgan fingerprint density at radius 1 is 1.48 bits per heavy atom. The van der Waals surface area contributed by atoms with E-state index >= 15 is 0 Å². The van der Waals surface area contributed by atoms with Crippen molar-refractivity contribution in [1.82, 2.24) is 20.4 Å². The van der Waals surface area contributed by atoms with Crippen molar-refractivity contribution in [3.05, 3.63) is 40.8 Å². The molecular weight excluding hydrogens is 397 g/mol. The summed E-state index contributed by atoms with van der Waals surface area (Å²) in [5.74, 6) is 1.32. The minimum absolute atomic E-state index is 0. The molecule has 21 heavy (non-hydrogen) atoms. The Balaban J connectivity index is 0.00000220. The molecule has 0 saturated carbocycles. The molecule has 1 unspecified atom stereocenters. The second kappa shape index (κ2) is 9.78. The largest absolute Gasteiger partial charge is 0.356 e. The van der Waals surface area contributed by atoms with Crippen LogP contribution < -0.4 is 10.6 Å². The molecule has 7 heteroatoms. The number of aliphatic imine (C=N–C) groups is 1. The van der Waals surface area contributed by atoms with Gasteiger partial charge in [0.15, 0.2) is 5.96 Å². The molecule has 1 atom stereocenters. The molecule has 2 aromatic rings. The summed E-state index contributed by atoms with van der Waals surface area (Å²) in [5.41, 5.74) is 1.28. The van der Waals surface area contributed by atoms with Crippen LogP contribution in [-0.2, 0) is 13.1 Å². The number of nitrogens with one attached hydrogen (secondary N) is 2. The Bertz CT molecular complexity index is 509. The van der Waals surface area contributed by atoms with Gasteiger partial charge in [-0.2, -0.15) is 16.4 Å². The Morgan fingerprint density at radius 2 is 2.33 bits per heavy atom. The van der Waals surface area contributed by atoms with Crippen molar-refractivity contribution in [3.63, 3.8) is 0 Å². The van der Waals surface area contributed by atoms with Crippen LogP contribution in [0.3, 0.4) is 0 Å². The van der Waals surface area contributed by atoms with E-state index in [4.69, 9.17) is 0 Å². The van der Waals surface area contributed by atoms with Crippen LogP contribution in [0.15, 0.2) is 40.3 Å². The van der Waals surface area contributed by atoms with Gasteiger partial charge in [-0.1, -0.05) is 6.92 Å². The number of hydrogen-bond donors (Lipinski definition) is 2. The fraction of sp³-hybridized carbons (Fsp3) is 0.429. The smallest absolute Gasteiger partial charge is 0.191 e. The average molecular weight is 419 g/mol. The highest BCUT2D eigenvalue weighted by Gasteiger charge is 2.05. The highest BCUT2D eigenvalue weighted by atomic mass is 127. The van der Waals surface area contributed by atoms with Crippen molar-refractivity contribution in [2.75, 3.05) is 13.6 Å². The summed E-state index contributed by atoms with van der Waals surface area (Å²) >= 11 is 1.71. The maximum Gasteiger partial charge on any atom is 0.191 e. The summed E-state index contributed by atoms with van der Waals surface area (Å²) in [5, 5.41) is 15.1. The topological polar surface area (TPSA) is 54.2 Å². The molecule has 0 spiro atoms. The van der Waals surface area contributed by atoms with E-state index in [0.29, 0.717) is 5.92 Å². The van der Waals surface area contributed by atoms with Gasteiger partial charge in [0, 0.05) is 39.1 Å². The summed E-state index contributed by atoms with van der Waals surface area (Å²) in [4.78, 5) is 4.23. The Morgan fingerprint density at radius 3 is 2.95 bits per heavy atom. The van der Waals surface area contributed by atoms with Gasteiger partial charge in [-0.3, -0.25) is 9.67 Å². The zero-order valence-corrected chi connectivity index (χ0v) is 15.5. The van der Waals surface area contributed by atoms with Gasteiger partial charge in [0.05, 0.1) is 0 Å². The van der Waals surface area contributed by atoms with Crippen LogP contribution in [0.5, 0.6) is 0 Å². The van der Waals surface area contributed by atoms with Crippen molar-refractivity contribution in [2.45, 2.75) is 20.0 Å². The van der Waals surface area contributed by atoms with Crippen LogP contribution in [0.4, 0.5) is 0 Å². The maximum absolute atomic E-state index is 4.23. The first-order valence-corrected chi connectivity index (χ1v) is 7.65. The number of thiophene rings is 1. The molecule has 0 radical (unpaired) electrons. The summed E-state index contributed by atoms with van der Waals surface area (Å²) in [6.45, 7) is 4.77. The van der Waals surface area contributed by atoms with Gasteiger partial charge in [-0.15, -0.1) is 24.0 Å². The van der Waals surface area contributed by atoms with Crippen molar-refractivity contribution < 1.29 is 0 Å². The monoisotopic (exact) mass is 419 g/mol. The maximum atomic E-state index is 4.23. The summed E-state index contributed by atoms with van der Waals surface area (Å²) in [6, 6.07) is 4.06. The molecule has 116 valence electrons. The predicted octanol–water partition coefficient (Wildman–Crippen LogP) is 2.56. The zero-order chi connectivity index (χ0) is 14.2. The van der Waals surface area contributed by atoms with Crippen molar-refractivity contribution in [2.24, 2.45) is 10.9 Å². The van der Waals surface area contributed by atoms with Gasteiger partial charge in [-0.05, 0) is 34.4 Å². The third kappa shape index (κ3) is 6.47. The zero-order valence-electron chi connectivity index (χ0n) is 12.3. The van der Waals surface area contributed by atoms with Crippen LogP contribution in [0.25, 0.3) is 0 Å². The number of guanidine groups is 1. The molecule has 0 bridgehead atoms. The number of aromatic nitrogens is 2. The van der Waals surface area contributed by atoms with E-state index in [0.717, 1.165) is 25.6 Å². The molecule has 0 saturated heterocycles. The minimum Gasteiger partial charge on any atom is -0.356 e. The van der Waals surface area contributed by atoms with E-state index in [-0.39, 0.29) is 24.0 Å². The van der Waals surface area contributed by atoms with Gasteiger partial charge < -0.3 is 10.6 Å². The normalized spacial score (nSPS) is 12.6. The average Bonchev–Trinajstić information content (AvgIpc) is 3.12. The van der Waals surface area contributed by atoms with Crippen LogP contribution in [-0.4, -0.2) is 29.3 Å². The van der Waals surface area contributed by atoms with E-state index in [1.807, 2.05) is 23.1 Å². The van der Waals surface area contributed by atoms with Crippen LogP contribution in [0.1, 0.15) is 12.5 Å². The Labute approximate surface area is 146 Å². The molecular formula is C14H22IN5S. The number of hydrogen-bond acceptors (Lipinski definition) is 3.